The van der Waals surface area contributed by atoms with Crippen LogP contribution in [0.15, 0.2) is 36.4 Å². The Morgan fingerprint density at radius 2 is 1.80 bits per heavy atom. The van der Waals surface area contributed by atoms with Crippen molar-refractivity contribution in [3.05, 3.63) is 47.8 Å². The lowest BCUT2D eigenvalue weighted by Gasteiger charge is -2.02. The van der Waals surface area contributed by atoms with Gasteiger partial charge < -0.3 is 0 Å². The molecule has 2 aromatic rings. The monoisotopic (exact) mass is 314 g/mol. The van der Waals surface area contributed by atoms with Crippen molar-refractivity contribution in [3.8, 4) is 0 Å². The zero-order valence-electron chi connectivity index (χ0n) is 8.34. The van der Waals surface area contributed by atoms with Gasteiger partial charge in [-0.25, -0.2) is 4.39 Å². The van der Waals surface area contributed by atoms with E-state index in [1.807, 2.05) is 6.07 Å². The Bertz CT molecular complexity index is 465. The summed E-state index contributed by atoms with van der Waals surface area (Å²) >= 11 is 2.38. The summed E-state index contributed by atoms with van der Waals surface area (Å²) < 4.78 is 14.2. The zero-order chi connectivity index (χ0) is 10.7. The molecule has 0 N–H and O–H groups in total. The second-order valence-electron chi connectivity index (χ2n) is 3.62. The molecular weight excluding hydrogens is 302 g/mol. The summed E-state index contributed by atoms with van der Waals surface area (Å²) in [4.78, 5) is 0. The Kier molecular flexibility index (Phi) is 3.57. The molecule has 2 heteroatoms. The second-order valence-corrected chi connectivity index (χ2v) is 4.70. The molecule has 2 aromatic carbocycles. The van der Waals surface area contributed by atoms with Gasteiger partial charge in [0.2, 0.25) is 0 Å². The van der Waals surface area contributed by atoms with Crippen LogP contribution in [-0.2, 0) is 6.42 Å². The third-order valence-corrected chi connectivity index (χ3v) is 3.23. The van der Waals surface area contributed by atoms with Crippen molar-refractivity contribution in [1.29, 1.82) is 0 Å². The first-order valence-electron chi connectivity index (χ1n) is 5.04. The van der Waals surface area contributed by atoms with Gasteiger partial charge in [-0.3, -0.25) is 0 Å². The minimum absolute atomic E-state index is 0.159. The maximum Gasteiger partial charge on any atom is 0.123 e. The maximum absolute atomic E-state index is 13.0. The SMILES string of the molecule is Fc1ccc2ccc(CCCI)cc2c1. The molecule has 0 fully saturated rings. The Balaban J connectivity index is 2.36. The van der Waals surface area contributed by atoms with Gasteiger partial charge in [0.1, 0.15) is 5.82 Å². The molecule has 0 aromatic heterocycles. The number of aryl methyl sites for hydroxylation is 1. The van der Waals surface area contributed by atoms with Crippen molar-refractivity contribution in [2.24, 2.45) is 0 Å². The molecule has 78 valence electrons. The molecule has 0 bridgehead atoms. The number of alkyl halides is 1. The molecule has 2 rings (SSSR count). The van der Waals surface area contributed by atoms with Crippen LogP contribution in [0.3, 0.4) is 0 Å². The molecular formula is C13H12FI. The summed E-state index contributed by atoms with van der Waals surface area (Å²) in [6.07, 6.45) is 2.26. The van der Waals surface area contributed by atoms with Crippen molar-refractivity contribution >= 4 is 33.4 Å². The van der Waals surface area contributed by atoms with E-state index in [0.29, 0.717) is 0 Å². The molecule has 0 unspecified atom stereocenters. The molecule has 0 aliphatic carbocycles. The fourth-order valence-corrected chi connectivity index (χ4v) is 2.07. The van der Waals surface area contributed by atoms with Crippen LogP contribution in [0.5, 0.6) is 0 Å². The van der Waals surface area contributed by atoms with Gasteiger partial charge in [-0.1, -0.05) is 46.9 Å². The Morgan fingerprint density at radius 3 is 2.60 bits per heavy atom. The van der Waals surface area contributed by atoms with Crippen molar-refractivity contribution in [1.82, 2.24) is 0 Å². The molecule has 15 heavy (non-hydrogen) atoms. The predicted molar refractivity (Wildman–Crippen MR) is 71.1 cm³/mol. The first kappa shape index (κ1) is 10.9. The molecule has 0 amide bonds. The van der Waals surface area contributed by atoms with Gasteiger partial charge in [-0.2, -0.15) is 0 Å². The van der Waals surface area contributed by atoms with Crippen LogP contribution < -0.4 is 0 Å². The van der Waals surface area contributed by atoms with E-state index in [1.165, 1.54) is 22.5 Å². The normalized spacial score (nSPS) is 10.8. The Hall–Kier alpha value is -0.640. The number of halogens is 2. The average Bonchev–Trinajstić information content (AvgIpc) is 2.25. The van der Waals surface area contributed by atoms with E-state index in [4.69, 9.17) is 0 Å². The van der Waals surface area contributed by atoms with Gasteiger partial charge in [0.05, 0.1) is 0 Å². The van der Waals surface area contributed by atoms with Gasteiger partial charge in [0.25, 0.3) is 0 Å². The summed E-state index contributed by atoms with van der Waals surface area (Å²) in [7, 11) is 0. The highest BCUT2D eigenvalue weighted by molar-refractivity contribution is 14.1. The Labute approximate surface area is 103 Å². The lowest BCUT2D eigenvalue weighted by Crippen LogP contribution is -1.86. The van der Waals surface area contributed by atoms with Crippen molar-refractivity contribution in [2.45, 2.75) is 12.8 Å². The van der Waals surface area contributed by atoms with E-state index < -0.39 is 0 Å². The summed E-state index contributed by atoms with van der Waals surface area (Å²) in [6, 6.07) is 11.2. The lowest BCUT2D eigenvalue weighted by atomic mass is 10.0. The van der Waals surface area contributed by atoms with E-state index in [9.17, 15) is 4.39 Å². The van der Waals surface area contributed by atoms with Crippen molar-refractivity contribution in [2.75, 3.05) is 4.43 Å². The lowest BCUT2D eigenvalue weighted by molar-refractivity contribution is 0.629. The standard InChI is InChI=1S/C13H12FI/c14-13-6-5-11-4-3-10(2-1-7-15)8-12(11)9-13/h3-6,8-9H,1-2,7H2. The number of hydrogen-bond donors (Lipinski definition) is 0. The Morgan fingerprint density at radius 1 is 1.00 bits per heavy atom. The van der Waals surface area contributed by atoms with Gasteiger partial charge >= 0.3 is 0 Å². The molecule has 0 heterocycles. The third kappa shape index (κ3) is 2.68. The highest BCUT2D eigenvalue weighted by Gasteiger charge is 1.98. The van der Waals surface area contributed by atoms with Crippen molar-refractivity contribution < 1.29 is 4.39 Å². The highest BCUT2D eigenvalue weighted by atomic mass is 127. The van der Waals surface area contributed by atoms with Crippen LogP contribution in [0.4, 0.5) is 4.39 Å². The molecule has 0 aliphatic rings. The summed E-state index contributed by atoms with van der Waals surface area (Å²) in [5.41, 5.74) is 1.30. The summed E-state index contributed by atoms with van der Waals surface area (Å²) in [6.45, 7) is 0. The van der Waals surface area contributed by atoms with Crippen LogP contribution in [0.1, 0.15) is 12.0 Å². The molecule has 0 aliphatic heterocycles. The molecule has 0 radical (unpaired) electrons. The third-order valence-electron chi connectivity index (χ3n) is 2.47. The van der Waals surface area contributed by atoms with Gasteiger partial charge in [-0.15, -0.1) is 0 Å². The first-order chi connectivity index (χ1) is 7.29. The van der Waals surface area contributed by atoms with Crippen LogP contribution in [0.2, 0.25) is 0 Å². The minimum atomic E-state index is -0.159. The minimum Gasteiger partial charge on any atom is -0.207 e. The number of benzene rings is 2. The second kappa shape index (κ2) is 4.92. The average molecular weight is 314 g/mol. The van der Waals surface area contributed by atoms with Crippen LogP contribution in [0.25, 0.3) is 10.8 Å². The van der Waals surface area contributed by atoms with Crippen LogP contribution >= 0.6 is 22.6 Å². The zero-order valence-corrected chi connectivity index (χ0v) is 10.5. The first-order valence-corrected chi connectivity index (χ1v) is 6.56. The quantitative estimate of drug-likeness (QED) is 0.584. The molecule has 0 spiro atoms. The van der Waals surface area contributed by atoms with E-state index in [1.54, 1.807) is 6.07 Å². The molecule has 0 nitrogen and oxygen atoms in total. The highest BCUT2D eigenvalue weighted by Crippen LogP contribution is 2.18. The molecule has 0 saturated carbocycles. The topological polar surface area (TPSA) is 0 Å². The molecule has 0 saturated heterocycles. The van der Waals surface area contributed by atoms with Crippen molar-refractivity contribution in [3.63, 3.8) is 0 Å². The van der Waals surface area contributed by atoms with Gasteiger partial charge in [0.15, 0.2) is 0 Å². The summed E-state index contributed by atoms with van der Waals surface area (Å²) in [5, 5.41) is 2.11. The number of fused-ring (bicyclic) bond motifs is 1. The summed E-state index contributed by atoms with van der Waals surface area (Å²) in [5.74, 6) is -0.159. The van der Waals surface area contributed by atoms with E-state index in [0.717, 1.165) is 17.2 Å². The van der Waals surface area contributed by atoms with Crippen LogP contribution in [-0.4, -0.2) is 4.43 Å². The van der Waals surface area contributed by atoms with Gasteiger partial charge in [0, 0.05) is 0 Å². The maximum atomic E-state index is 13.0. The van der Waals surface area contributed by atoms with Crippen LogP contribution in [0, 0.1) is 5.82 Å². The smallest absolute Gasteiger partial charge is 0.123 e. The van der Waals surface area contributed by atoms with Gasteiger partial charge in [-0.05, 0) is 45.7 Å². The number of hydrogen-bond acceptors (Lipinski definition) is 0. The van der Waals surface area contributed by atoms with E-state index in [-0.39, 0.29) is 5.82 Å². The molecule has 0 atom stereocenters. The largest absolute Gasteiger partial charge is 0.207 e. The predicted octanol–water partition coefficient (Wildman–Crippen LogP) is 4.35. The fraction of sp³-hybridized carbons (Fsp3) is 0.231. The fourth-order valence-electron chi connectivity index (χ4n) is 1.69. The van der Waals surface area contributed by atoms with E-state index in [2.05, 4.69) is 40.8 Å². The van der Waals surface area contributed by atoms with E-state index >= 15 is 0 Å². The number of rotatable bonds is 3.